The SMILES string of the molecule is O=C(Cc1cccnc1)Cc1cnc2ccc(F)cc2c1C1CC1. The number of halogens is 1. The molecule has 24 heavy (non-hydrogen) atoms. The van der Waals surface area contributed by atoms with Crippen LogP contribution in [0.3, 0.4) is 0 Å². The average molecular weight is 320 g/mol. The first-order chi connectivity index (χ1) is 11.7. The van der Waals surface area contributed by atoms with Crippen LogP contribution in [0.15, 0.2) is 48.9 Å². The molecule has 0 bridgehead atoms. The zero-order chi connectivity index (χ0) is 16.5. The summed E-state index contributed by atoms with van der Waals surface area (Å²) < 4.78 is 13.7. The molecule has 0 radical (unpaired) electrons. The van der Waals surface area contributed by atoms with Crippen LogP contribution in [0.4, 0.5) is 4.39 Å². The lowest BCUT2D eigenvalue weighted by molar-refractivity contribution is -0.117. The van der Waals surface area contributed by atoms with Crippen LogP contribution in [0.25, 0.3) is 10.9 Å². The van der Waals surface area contributed by atoms with Gasteiger partial charge in [0, 0.05) is 36.8 Å². The zero-order valence-corrected chi connectivity index (χ0v) is 13.2. The first-order valence-corrected chi connectivity index (χ1v) is 8.18. The minimum absolute atomic E-state index is 0.127. The Morgan fingerprint density at radius 3 is 2.79 bits per heavy atom. The van der Waals surface area contributed by atoms with E-state index in [-0.39, 0.29) is 11.6 Å². The van der Waals surface area contributed by atoms with E-state index < -0.39 is 0 Å². The van der Waals surface area contributed by atoms with E-state index >= 15 is 0 Å². The number of Topliss-reactive ketones (excluding diaryl/α,β-unsaturated/α-hetero) is 1. The highest BCUT2D eigenvalue weighted by Crippen LogP contribution is 2.44. The van der Waals surface area contributed by atoms with Crippen molar-refractivity contribution in [3.63, 3.8) is 0 Å². The predicted molar refractivity (Wildman–Crippen MR) is 90.3 cm³/mol. The summed E-state index contributed by atoms with van der Waals surface area (Å²) >= 11 is 0. The first kappa shape index (κ1) is 14.9. The van der Waals surface area contributed by atoms with Crippen molar-refractivity contribution in [2.24, 2.45) is 0 Å². The van der Waals surface area contributed by atoms with Crippen molar-refractivity contribution in [2.45, 2.75) is 31.6 Å². The second kappa shape index (κ2) is 6.11. The summed E-state index contributed by atoms with van der Waals surface area (Å²) in [5.74, 6) is 0.297. The van der Waals surface area contributed by atoms with Gasteiger partial charge < -0.3 is 0 Å². The number of aromatic nitrogens is 2. The Bertz CT molecular complexity index is 904. The van der Waals surface area contributed by atoms with E-state index in [9.17, 15) is 9.18 Å². The van der Waals surface area contributed by atoms with Crippen molar-refractivity contribution < 1.29 is 9.18 Å². The Morgan fingerprint density at radius 2 is 2.04 bits per heavy atom. The Balaban J connectivity index is 1.66. The lowest BCUT2D eigenvalue weighted by Gasteiger charge is -2.12. The molecule has 0 unspecified atom stereocenters. The average Bonchev–Trinajstić information content (AvgIpc) is 3.40. The van der Waals surface area contributed by atoms with Crippen molar-refractivity contribution >= 4 is 16.7 Å². The summed E-state index contributed by atoms with van der Waals surface area (Å²) in [6.45, 7) is 0. The summed E-state index contributed by atoms with van der Waals surface area (Å²) in [7, 11) is 0. The van der Waals surface area contributed by atoms with Crippen molar-refractivity contribution in [1.29, 1.82) is 0 Å². The highest BCUT2D eigenvalue weighted by atomic mass is 19.1. The maximum absolute atomic E-state index is 13.7. The molecule has 0 spiro atoms. The smallest absolute Gasteiger partial charge is 0.141 e. The molecule has 0 saturated heterocycles. The second-order valence-corrected chi connectivity index (χ2v) is 6.39. The molecule has 3 nitrogen and oxygen atoms in total. The lowest BCUT2D eigenvalue weighted by Crippen LogP contribution is -2.09. The molecule has 3 aromatic rings. The minimum atomic E-state index is -0.259. The Kier molecular flexibility index (Phi) is 3.81. The van der Waals surface area contributed by atoms with Gasteiger partial charge in [-0.3, -0.25) is 14.8 Å². The zero-order valence-electron chi connectivity index (χ0n) is 13.2. The largest absolute Gasteiger partial charge is 0.299 e. The Morgan fingerprint density at radius 1 is 1.17 bits per heavy atom. The maximum atomic E-state index is 13.7. The van der Waals surface area contributed by atoms with Gasteiger partial charge in [-0.1, -0.05) is 6.07 Å². The summed E-state index contributed by atoms with van der Waals surface area (Å²) in [5, 5.41) is 0.851. The van der Waals surface area contributed by atoms with E-state index in [1.807, 2.05) is 12.1 Å². The normalized spacial score (nSPS) is 14.0. The van der Waals surface area contributed by atoms with Crippen LogP contribution in [-0.4, -0.2) is 15.8 Å². The molecule has 2 heterocycles. The molecule has 0 N–H and O–H groups in total. The highest BCUT2D eigenvalue weighted by molar-refractivity contribution is 5.88. The number of fused-ring (bicyclic) bond motifs is 1. The van der Waals surface area contributed by atoms with Gasteiger partial charge in [-0.2, -0.15) is 0 Å². The fourth-order valence-corrected chi connectivity index (χ4v) is 3.23. The molecular formula is C20H17FN2O. The third-order valence-electron chi connectivity index (χ3n) is 4.45. The molecule has 1 saturated carbocycles. The van der Waals surface area contributed by atoms with Crippen molar-refractivity contribution in [2.75, 3.05) is 0 Å². The van der Waals surface area contributed by atoms with E-state index in [2.05, 4.69) is 9.97 Å². The molecule has 0 amide bonds. The molecule has 120 valence electrons. The number of hydrogen-bond donors (Lipinski definition) is 0. The fraction of sp³-hybridized carbons (Fsp3) is 0.250. The number of ketones is 1. The van der Waals surface area contributed by atoms with Crippen LogP contribution in [0.1, 0.15) is 35.4 Å². The van der Waals surface area contributed by atoms with Crippen LogP contribution in [0, 0.1) is 5.82 Å². The molecule has 1 aliphatic rings. The van der Waals surface area contributed by atoms with Gasteiger partial charge in [-0.25, -0.2) is 4.39 Å². The van der Waals surface area contributed by atoms with Crippen molar-refractivity contribution in [3.8, 4) is 0 Å². The quantitative estimate of drug-likeness (QED) is 0.713. The third-order valence-corrected chi connectivity index (χ3v) is 4.45. The van der Waals surface area contributed by atoms with Crippen LogP contribution < -0.4 is 0 Å². The van der Waals surface area contributed by atoms with Gasteiger partial charge in [0.25, 0.3) is 0 Å². The van der Waals surface area contributed by atoms with Gasteiger partial charge in [-0.05, 0) is 59.7 Å². The predicted octanol–water partition coefficient (Wildman–Crippen LogP) is 4.00. The molecule has 1 aliphatic carbocycles. The first-order valence-electron chi connectivity index (χ1n) is 8.18. The van der Waals surface area contributed by atoms with Crippen LogP contribution >= 0.6 is 0 Å². The van der Waals surface area contributed by atoms with Gasteiger partial charge in [0.2, 0.25) is 0 Å². The molecule has 0 aliphatic heterocycles. The standard InChI is InChI=1S/C20H17FN2O/c21-16-5-6-19-18(10-16)20(14-3-4-14)15(12-23-19)9-17(24)8-13-2-1-7-22-11-13/h1-2,5-7,10-12,14H,3-4,8-9H2. The number of rotatable bonds is 5. The summed E-state index contributed by atoms with van der Waals surface area (Å²) in [4.78, 5) is 20.9. The number of hydrogen-bond acceptors (Lipinski definition) is 3. The van der Waals surface area contributed by atoms with Gasteiger partial charge in [0.1, 0.15) is 11.6 Å². The number of pyridine rings is 2. The molecule has 2 aromatic heterocycles. The monoisotopic (exact) mass is 320 g/mol. The summed E-state index contributed by atoms with van der Waals surface area (Å²) in [5.41, 5.74) is 3.75. The fourth-order valence-electron chi connectivity index (χ4n) is 3.23. The number of carbonyl (C=O) groups excluding carboxylic acids is 1. The molecule has 4 heteroatoms. The van der Waals surface area contributed by atoms with Crippen LogP contribution in [0.2, 0.25) is 0 Å². The lowest BCUT2D eigenvalue weighted by atomic mass is 9.95. The topological polar surface area (TPSA) is 42.9 Å². The van der Waals surface area contributed by atoms with Crippen LogP contribution in [-0.2, 0) is 17.6 Å². The van der Waals surface area contributed by atoms with E-state index in [0.717, 1.165) is 40.4 Å². The molecule has 0 atom stereocenters. The minimum Gasteiger partial charge on any atom is -0.299 e. The molecule has 1 aromatic carbocycles. The third kappa shape index (κ3) is 3.04. The van der Waals surface area contributed by atoms with Crippen LogP contribution in [0.5, 0.6) is 0 Å². The number of carbonyl (C=O) groups is 1. The second-order valence-electron chi connectivity index (χ2n) is 6.39. The maximum Gasteiger partial charge on any atom is 0.141 e. The van der Waals surface area contributed by atoms with Gasteiger partial charge >= 0.3 is 0 Å². The Labute approximate surface area is 139 Å². The van der Waals surface area contributed by atoms with Gasteiger partial charge in [-0.15, -0.1) is 0 Å². The van der Waals surface area contributed by atoms with E-state index in [4.69, 9.17) is 0 Å². The van der Waals surface area contributed by atoms with E-state index in [0.29, 0.717) is 18.8 Å². The van der Waals surface area contributed by atoms with Crippen molar-refractivity contribution in [1.82, 2.24) is 9.97 Å². The van der Waals surface area contributed by atoms with Crippen molar-refractivity contribution in [3.05, 3.63) is 71.4 Å². The molecule has 1 fully saturated rings. The molecule has 4 rings (SSSR count). The van der Waals surface area contributed by atoms with E-state index in [1.54, 1.807) is 30.7 Å². The molecular weight excluding hydrogens is 303 g/mol. The summed E-state index contributed by atoms with van der Waals surface area (Å²) in [6, 6.07) is 8.42. The number of benzene rings is 1. The highest BCUT2D eigenvalue weighted by Gasteiger charge is 2.29. The van der Waals surface area contributed by atoms with E-state index in [1.165, 1.54) is 6.07 Å². The number of nitrogens with zero attached hydrogens (tertiary/aromatic N) is 2. The van der Waals surface area contributed by atoms with Gasteiger partial charge in [0.05, 0.1) is 5.52 Å². The Hall–Kier alpha value is -2.62. The summed E-state index contributed by atoms with van der Waals surface area (Å²) in [6.07, 6.45) is 8.09. The van der Waals surface area contributed by atoms with Gasteiger partial charge in [0.15, 0.2) is 0 Å².